The molecule has 1 rings (SSSR count). The highest BCUT2D eigenvalue weighted by Gasteiger charge is 2.17. The van der Waals surface area contributed by atoms with Crippen LogP contribution in [0.4, 0.5) is 0 Å². The number of rotatable bonds is 17. The Balaban J connectivity index is 1.98. The average Bonchev–Trinajstić information content (AvgIpc) is 2.62. The predicted molar refractivity (Wildman–Crippen MR) is 113 cm³/mol. The molecule has 4 nitrogen and oxygen atoms in total. The summed E-state index contributed by atoms with van der Waals surface area (Å²) in [5.41, 5.74) is 0.875. The van der Waals surface area contributed by atoms with Gasteiger partial charge >= 0.3 is 7.82 Å². The van der Waals surface area contributed by atoms with Crippen LogP contribution in [0.15, 0.2) is 24.3 Å². The van der Waals surface area contributed by atoms with E-state index >= 15 is 0 Å². The van der Waals surface area contributed by atoms with Crippen molar-refractivity contribution in [3.8, 4) is 5.75 Å². The summed E-state index contributed by atoms with van der Waals surface area (Å²) in [4.78, 5) is 18.0. The fourth-order valence-electron chi connectivity index (χ4n) is 3.44. The number of hydrogen-bond acceptors (Lipinski definition) is 2. The molecule has 0 unspecified atom stereocenters. The molecular formula is C22H39O4P. The quantitative estimate of drug-likeness (QED) is 0.215. The van der Waals surface area contributed by atoms with Crippen molar-refractivity contribution in [1.82, 2.24) is 0 Å². The SMILES string of the molecule is CCCCCCCCCCCCCCCCc1ccccc1OP(=O)(O)O. The molecule has 1 aromatic carbocycles. The Morgan fingerprint density at radius 1 is 0.741 bits per heavy atom. The maximum absolute atomic E-state index is 11.0. The number of phosphoric acid groups is 1. The summed E-state index contributed by atoms with van der Waals surface area (Å²) in [5.74, 6) is 0.306. The van der Waals surface area contributed by atoms with Gasteiger partial charge in [-0.15, -0.1) is 0 Å². The van der Waals surface area contributed by atoms with Gasteiger partial charge in [-0.1, -0.05) is 109 Å². The molecule has 0 spiro atoms. The van der Waals surface area contributed by atoms with Crippen LogP contribution in [0.1, 0.15) is 102 Å². The lowest BCUT2D eigenvalue weighted by Crippen LogP contribution is -1.95. The van der Waals surface area contributed by atoms with Crippen LogP contribution in [-0.2, 0) is 11.0 Å². The summed E-state index contributed by atoms with van der Waals surface area (Å²) >= 11 is 0. The van der Waals surface area contributed by atoms with Crippen LogP contribution in [0, 0.1) is 0 Å². The fraction of sp³-hybridized carbons (Fsp3) is 0.727. The molecule has 0 radical (unpaired) electrons. The van der Waals surface area contributed by atoms with Crippen LogP contribution in [0.3, 0.4) is 0 Å². The first-order valence-corrected chi connectivity index (χ1v) is 12.4. The average molecular weight is 399 g/mol. The molecular weight excluding hydrogens is 359 g/mol. The lowest BCUT2D eigenvalue weighted by Gasteiger charge is -2.11. The Hall–Kier alpha value is -0.830. The number of unbranched alkanes of at least 4 members (excludes halogenated alkanes) is 13. The molecule has 0 amide bonds. The van der Waals surface area contributed by atoms with Gasteiger partial charge in [-0.2, -0.15) is 0 Å². The van der Waals surface area contributed by atoms with E-state index in [9.17, 15) is 4.57 Å². The second kappa shape index (κ2) is 15.1. The highest BCUT2D eigenvalue weighted by atomic mass is 31.2. The zero-order valence-corrected chi connectivity index (χ0v) is 18.0. The first kappa shape index (κ1) is 24.2. The summed E-state index contributed by atoms with van der Waals surface area (Å²) in [6.07, 6.45) is 19.3. The van der Waals surface area contributed by atoms with E-state index in [1.54, 1.807) is 12.1 Å². The Bertz CT molecular complexity index is 527. The molecule has 1 aromatic rings. The molecule has 0 atom stereocenters. The molecule has 27 heavy (non-hydrogen) atoms. The van der Waals surface area contributed by atoms with Crippen LogP contribution in [-0.4, -0.2) is 9.79 Å². The topological polar surface area (TPSA) is 66.8 Å². The van der Waals surface area contributed by atoms with Crippen molar-refractivity contribution in [2.75, 3.05) is 0 Å². The van der Waals surface area contributed by atoms with Crippen molar-refractivity contribution in [3.63, 3.8) is 0 Å². The van der Waals surface area contributed by atoms with Crippen molar-refractivity contribution in [3.05, 3.63) is 29.8 Å². The summed E-state index contributed by atoms with van der Waals surface area (Å²) < 4.78 is 15.8. The number of aryl methyl sites for hydroxylation is 1. The van der Waals surface area contributed by atoms with Gasteiger partial charge in [0.05, 0.1) is 0 Å². The molecule has 2 N–H and O–H groups in total. The van der Waals surface area contributed by atoms with E-state index < -0.39 is 7.82 Å². The third kappa shape index (κ3) is 13.9. The van der Waals surface area contributed by atoms with Crippen LogP contribution >= 0.6 is 7.82 Å². The summed E-state index contributed by atoms with van der Waals surface area (Å²) in [5, 5.41) is 0. The van der Waals surface area contributed by atoms with Crippen molar-refractivity contribution in [1.29, 1.82) is 0 Å². The Kier molecular flexibility index (Phi) is 13.6. The van der Waals surface area contributed by atoms with Gasteiger partial charge in [0.25, 0.3) is 0 Å². The van der Waals surface area contributed by atoms with E-state index in [0.717, 1.165) is 24.8 Å². The normalized spacial score (nSPS) is 11.7. The van der Waals surface area contributed by atoms with Gasteiger partial charge in [0, 0.05) is 0 Å². The van der Waals surface area contributed by atoms with Gasteiger partial charge in [0.1, 0.15) is 5.75 Å². The zero-order chi connectivity index (χ0) is 19.8. The van der Waals surface area contributed by atoms with E-state index in [0.29, 0.717) is 5.75 Å². The Morgan fingerprint density at radius 3 is 1.67 bits per heavy atom. The third-order valence-corrected chi connectivity index (χ3v) is 5.42. The fourth-order valence-corrected chi connectivity index (χ4v) is 3.87. The minimum absolute atomic E-state index is 0.306. The van der Waals surface area contributed by atoms with E-state index in [1.807, 2.05) is 12.1 Å². The van der Waals surface area contributed by atoms with Gasteiger partial charge in [0.2, 0.25) is 0 Å². The van der Waals surface area contributed by atoms with Gasteiger partial charge in [0.15, 0.2) is 0 Å². The highest BCUT2D eigenvalue weighted by molar-refractivity contribution is 7.46. The summed E-state index contributed by atoms with van der Waals surface area (Å²) in [6.45, 7) is 2.26. The minimum Gasteiger partial charge on any atom is -0.404 e. The van der Waals surface area contributed by atoms with Gasteiger partial charge in [-0.3, -0.25) is 9.79 Å². The number of benzene rings is 1. The zero-order valence-electron chi connectivity index (χ0n) is 17.1. The predicted octanol–water partition coefficient (Wildman–Crippen LogP) is 7.18. The second-order valence-electron chi connectivity index (χ2n) is 7.54. The summed E-state index contributed by atoms with van der Waals surface area (Å²) in [7, 11) is -4.49. The Labute approximate surface area is 166 Å². The van der Waals surface area contributed by atoms with E-state index in [1.165, 1.54) is 77.0 Å². The molecule has 0 aliphatic carbocycles. The lowest BCUT2D eigenvalue weighted by molar-refractivity contribution is 0.282. The minimum atomic E-state index is -4.49. The van der Waals surface area contributed by atoms with Gasteiger partial charge in [-0.25, -0.2) is 4.57 Å². The summed E-state index contributed by atoms with van der Waals surface area (Å²) in [6, 6.07) is 7.12. The maximum atomic E-state index is 11.0. The standard InChI is InChI=1S/C22H39O4P/c1-2-3-4-5-6-7-8-9-10-11-12-13-14-15-18-21-19-16-17-20-22(21)26-27(23,24)25/h16-17,19-20H,2-15,18H2,1H3,(H2,23,24,25). The molecule has 0 saturated heterocycles. The molecule has 0 heterocycles. The number of phosphoric ester groups is 1. The Morgan fingerprint density at radius 2 is 1.19 bits per heavy atom. The lowest BCUT2D eigenvalue weighted by atomic mass is 10.0. The van der Waals surface area contributed by atoms with Crippen LogP contribution in [0.5, 0.6) is 5.75 Å². The molecule has 0 fully saturated rings. The molecule has 0 bridgehead atoms. The monoisotopic (exact) mass is 398 g/mol. The number of hydrogen-bond donors (Lipinski definition) is 2. The molecule has 0 aliphatic rings. The molecule has 156 valence electrons. The van der Waals surface area contributed by atoms with E-state index in [-0.39, 0.29) is 0 Å². The van der Waals surface area contributed by atoms with Crippen molar-refractivity contribution < 1.29 is 18.9 Å². The number of para-hydroxylation sites is 1. The maximum Gasteiger partial charge on any atom is 0.524 e. The molecule has 0 saturated carbocycles. The van der Waals surface area contributed by atoms with Crippen molar-refractivity contribution in [2.45, 2.75) is 103 Å². The smallest absolute Gasteiger partial charge is 0.404 e. The second-order valence-corrected chi connectivity index (χ2v) is 8.70. The van der Waals surface area contributed by atoms with Gasteiger partial charge in [-0.05, 0) is 24.5 Å². The highest BCUT2D eigenvalue weighted by Crippen LogP contribution is 2.39. The van der Waals surface area contributed by atoms with E-state index in [4.69, 9.17) is 14.3 Å². The molecule has 0 aromatic heterocycles. The van der Waals surface area contributed by atoms with Crippen molar-refractivity contribution >= 4 is 7.82 Å². The van der Waals surface area contributed by atoms with Crippen LogP contribution in [0.25, 0.3) is 0 Å². The first-order valence-electron chi connectivity index (χ1n) is 10.9. The van der Waals surface area contributed by atoms with Crippen molar-refractivity contribution in [2.24, 2.45) is 0 Å². The largest absolute Gasteiger partial charge is 0.524 e. The third-order valence-electron chi connectivity index (χ3n) is 4.99. The first-order chi connectivity index (χ1) is 13.0. The van der Waals surface area contributed by atoms with Crippen LogP contribution in [0.2, 0.25) is 0 Å². The van der Waals surface area contributed by atoms with Gasteiger partial charge < -0.3 is 4.52 Å². The molecule has 5 heteroatoms. The van der Waals surface area contributed by atoms with Crippen LogP contribution < -0.4 is 4.52 Å². The molecule has 0 aliphatic heterocycles. The van der Waals surface area contributed by atoms with E-state index in [2.05, 4.69) is 6.92 Å².